The number of fused-ring (bicyclic) bond motifs is 5. The van der Waals surface area contributed by atoms with Crippen molar-refractivity contribution in [3.63, 3.8) is 0 Å². The maximum atomic E-state index is 2.45. The van der Waals surface area contributed by atoms with E-state index in [0.29, 0.717) is 0 Å². The van der Waals surface area contributed by atoms with Crippen molar-refractivity contribution in [1.82, 2.24) is 0 Å². The topological polar surface area (TPSA) is 3.24 Å². The lowest BCUT2D eigenvalue weighted by Gasteiger charge is -2.31. The molecule has 0 aliphatic carbocycles. The predicted octanol–water partition coefficient (Wildman–Crippen LogP) is 12.7. The van der Waals surface area contributed by atoms with E-state index in [9.17, 15) is 0 Å². The molecular formula is C58H41NSi. The van der Waals surface area contributed by atoms with Crippen LogP contribution in [-0.2, 0) is 0 Å². The molecule has 0 atom stereocenters. The number of benzene rings is 10. The van der Waals surface area contributed by atoms with Crippen LogP contribution in [0.15, 0.2) is 249 Å². The molecule has 2 heteroatoms. The van der Waals surface area contributed by atoms with E-state index < -0.39 is 8.07 Å². The van der Waals surface area contributed by atoms with Crippen LogP contribution < -0.4 is 25.6 Å². The fraction of sp³-hybridized carbons (Fsp3) is 0. The van der Waals surface area contributed by atoms with Crippen LogP contribution in [0.5, 0.6) is 0 Å². The number of nitrogens with zero attached hydrogens (tertiary/aromatic N) is 1. The van der Waals surface area contributed by atoms with Gasteiger partial charge in [-0.15, -0.1) is 0 Å². The van der Waals surface area contributed by atoms with Crippen LogP contribution in [-0.4, -0.2) is 8.07 Å². The summed E-state index contributed by atoms with van der Waals surface area (Å²) in [6.45, 7) is 0. The maximum absolute atomic E-state index is 2.69. The van der Waals surface area contributed by atoms with Gasteiger partial charge >= 0.3 is 0 Å². The SMILES string of the molecule is c1ccc(-c2ccc(N(c3ccc(-c4ccccc4)cc3)c3ccc(-c4cccc5c4-c4c(ccc6ccccc46)[Si]5(c4ccccc4)c4ccccc4)cc3)cc2)cc1. The molecule has 0 bridgehead atoms. The smallest absolute Gasteiger partial charge is 0.180 e. The molecule has 0 saturated carbocycles. The van der Waals surface area contributed by atoms with Crippen molar-refractivity contribution >= 4 is 56.7 Å². The molecule has 10 aromatic rings. The zero-order chi connectivity index (χ0) is 39.9. The Hall–Kier alpha value is -7.52. The lowest BCUT2D eigenvalue weighted by atomic mass is 9.91. The largest absolute Gasteiger partial charge is 0.311 e. The second-order valence-corrected chi connectivity index (χ2v) is 19.4. The zero-order valence-electron chi connectivity index (χ0n) is 33.1. The molecule has 60 heavy (non-hydrogen) atoms. The maximum Gasteiger partial charge on any atom is 0.180 e. The fourth-order valence-electron chi connectivity index (χ4n) is 9.64. The Labute approximate surface area is 353 Å². The summed E-state index contributed by atoms with van der Waals surface area (Å²) in [4.78, 5) is 2.37. The van der Waals surface area contributed by atoms with Crippen LogP contribution in [0.4, 0.5) is 17.1 Å². The molecule has 1 nitrogen and oxygen atoms in total. The van der Waals surface area contributed by atoms with Crippen molar-refractivity contribution < 1.29 is 0 Å². The first-order valence-corrected chi connectivity index (χ1v) is 22.8. The summed E-state index contributed by atoms with van der Waals surface area (Å²) in [6.07, 6.45) is 0. The minimum absolute atomic E-state index is 1.11. The van der Waals surface area contributed by atoms with E-state index in [2.05, 4.69) is 254 Å². The second-order valence-electron chi connectivity index (χ2n) is 15.6. The molecule has 0 aromatic heterocycles. The number of hydrogen-bond acceptors (Lipinski definition) is 1. The Bertz CT molecular complexity index is 2970. The van der Waals surface area contributed by atoms with Gasteiger partial charge in [0.1, 0.15) is 0 Å². The van der Waals surface area contributed by atoms with Crippen LogP contribution in [0.1, 0.15) is 0 Å². The Morgan fingerprint density at radius 1 is 0.267 bits per heavy atom. The Balaban J connectivity index is 1.07. The van der Waals surface area contributed by atoms with E-state index in [4.69, 9.17) is 0 Å². The van der Waals surface area contributed by atoms with Gasteiger partial charge in [-0.2, -0.15) is 0 Å². The normalized spacial score (nSPS) is 12.5. The third-order valence-electron chi connectivity index (χ3n) is 12.4. The van der Waals surface area contributed by atoms with E-state index in [1.807, 2.05) is 0 Å². The fourth-order valence-corrected chi connectivity index (χ4v) is 14.8. The van der Waals surface area contributed by atoms with Crippen molar-refractivity contribution in [3.05, 3.63) is 249 Å². The Morgan fingerprint density at radius 2 is 0.683 bits per heavy atom. The van der Waals surface area contributed by atoms with Crippen LogP contribution in [0.25, 0.3) is 55.3 Å². The standard InChI is InChI=1S/C58H41NSi/c1-5-16-42(17-6-1)44-28-35-48(36-29-44)59(49-37-30-45(31-38-49)43-18-7-2-8-19-43)50-39-32-47(33-40-50)54-26-15-27-55-57(54)58-53-25-14-13-20-46(53)34-41-56(58)60(55,51-21-9-3-10-22-51)52-23-11-4-12-24-52/h1-41H. The van der Waals surface area contributed by atoms with Gasteiger partial charge < -0.3 is 4.90 Å². The summed E-state index contributed by atoms with van der Waals surface area (Å²) in [5, 5.41) is 8.31. The highest BCUT2D eigenvalue weighted by atomic mass is 28.3. The minimum atomic E-state index is -2.69. The zero-order valence-corrected chi connectivity index (χ0v) is 34.1. The monoisotopic (exact) mass is 779 g/mol. The van der Waals surface area contributed by atoms with Crippen molar-refractivity contribution in [2.75, 3.05) is 4.90 Å². The van der Waals surface area contributed by atoms with E-state index >= 15 is 0 Å². The molecule has 0 spiro atoms. The van der Waals surface area contributed by atoms with Crippen LogP contribution in [0.3, 0.4) is 0 Å². The molecule has 0 radical (unpaired) electrons. The second kappa shape index (κ2) is 15.0. The van der Waals surface area contributed by atoms with Gasteiger partial charge in [0.25, 0.3) is 0 Å². The minimum Gasteiger partial charge on any atom is -0.311 e. The van der Waals surface area contributed by atoms with Crippen LogP contribution in [0, 0.1) is 0 Å². The van der Waals surface area contributed by atoms with Gasteiger partial charge in [0.15, 0.2) is 8.07 Å². The first-order valence-electron chi connectivity index (χ1n) is 20.8. The number of rotatable bonds is 8. The van der Waals surface area contributed by atoms with Gasteiger partial charge in [-0.25, -0.2) is 0 Å². The van der Waals surface area contributed by atoms with E-state index in [1.165, 1.54) is 76.0 Å². The van der Waals surface area contributed by atoms with E-state index in [0.717, 1.165) is 17.1 Å². The summed E-state index contributed by atoms with van der Waals surface area (Å²) >= 11 is 0. The van der Waals surface area contributed by atoms with Gasteiger partial charge in [0.2, 0.25) is 0 Å². The van der Waals surface area contributed by atoms with Gasteiger partial charge in [0, 0.05) is 17.1 Å². The number of anilines is 3. The Kier molecular flexibility index (Phi) is 8.91. The van der Waals surface area contributed by atoms with Gasteiger partial charge in [-0.05, 0) is 112 Å². The average molecular weight is 780 g/mol. The lowest BCUT2D eigenvalue weighted by Crippen LogP contribution is -2.72. The van der Waals surface area contributed by atoms with Crippen molar-refractivity contribution in [1.29, 1.82) is 0 Å². The molecule has 0 saturated heterocycles. The highest BCUT2D eigenvalue weighted by molar-refractivity contribution is 7.22. The molecule has 0 amide bonds. The quantitative estimate of drug-likeness (QED) is 0.139. The van der Waals surface area contributed by atoms with E-state index in [-0.39, 0.29) is 0 Å². The predicted molar refractivity (Wildman–Crippen MR) is 258 cm³/mol. The third-order valence-corrected chi connectivity index (χ3v) is 17.2. The average Bonchev–Trinajstić information content (AvgIpc) is 3.65. The van der Waals surface area contributed by atoms with E-state index in [1.54, 1.807) is 0 Å². The number of hydrogen-bond donors (Lipinski definition) is 0. The highest BCUT2D eigenvalue weighted by Gasteiger charge is 2.49. The summed E-state index contributed by atoms with van der Waals surface area (Å²) in [5.74, 6) is 0. The van der Waals surface area contributed by atoms with Crippen molar-refractivity contribution in [3.8, 4) is 44.5 Å². The highest BCUT2D eigenvalue weighted by Crippen LogP contribution is 2.42. The summed E-state index contributed by atoms with van der Waals surface area (Å²) in [7, 11) is -2.69. The molecule has 11 rings (SSSR count). The molecule has 1 aliphatic rings. The van der Waals surface area contributed by atoms with Gasteiger partial charge in [-0.1, -0.05) is 212 Å². The lowest BCUT2D eigenvalue weighted by molar-refractivity contribution is 1.28. The molecule has 0 fully saturated rings. The molecule has 282 valence electrons. The Morgan fingerprint density at radius 3 is 1.20 bits per heavy atom. The van der Waals surface area contributed by atoms with Crippen LogP contribution in [0.2, 0.25) is 0 Å². The first kappa shape index (κ1) is 35.6. The molecule has 10 aromatic carbocycles. The van der Waals surface area contributed by atoms with Crippen molar-refractivity contribution in [2.45, 2.75) is 0 Å². The summed E-state index contributed by atoms with van der Waals surface area (Å²) < 4.78 is 0. The molecule has 0 unspecified atom stereocenters. The van der Waals surface area contributed by atoms with Gasteiger partial charge in [-0.3, -0.25) is 0 Å². The molecule has 1 heterocycles. The summed E-state index contributed by atoms with van der Waals surface area (Å²) in [5.41, 5.74) is 13.4. The van der Waals surface area contributed by atoms with Crippen molar-refractivity contribution in [2.24, 2.45) is 0 Å². The first-order chi connectivity index (χ1) is 29.8. The van der Waals surface area contributed by atoms with Crippen LogP contribution >= 0.6 is 0 Å². The molecular weight excluding hydrogens is 739 g/mol. The summed E-state index contributed by atoms with van der Waals surface area (Å²) in [6, 6.07) is 91.7. The third kappa shape index (κ3) is 5.92. The van der Waals surface area contributed by atoms with Gasteiger partial charge in [0.05, 0.1) is 0 Å². The molecule has 0 N–H and O–H groups in total. The molecule has 1 aliphatic heterocycles.